The highest BCUT2D eigenvalue weighted by atomic mass is 35.5. The van der Waals surface area contributed by atoms with Gasteiger partial charge in [-0.2, -0.15) is 4.31 Å². The predicted molar refractivity (Wildman–Crippen MR) is 104 cm³/mol. The van der Waals surface area contributed by atoms with Crippen LogP contribution in [0.15, 0.2) is 41.3 Å². The van der Waals surface area contributed by atoms with Gasteiger partial charge in [0, 0.05) is 30.1 Å². The zero-order chi connectivity index (χ0) is 21.2. The van der Waals surface area contributed by atoms with E-state index in [0.29, 0.717) is 0 Å². The van der Waals surface area contributed by atoms with Gasteiger partial charge in [0.1, 0.15) is 22.3 Å². The van der Waals surface area contributed by atoms with E-state index < -0.39 is 33.5 Å². The van der Waals surface area contributed by atoms with Crippen LogP contribution in [0.1, 0.15) is 12.8 Å². The fraction of sp³-hybridized carbons (Fsp3) is 0.316. The molecule has 1 heterocycles. The van der Waals surface area contributed by atoms with Crippen molar-refractivity contribution < 1.29 is 26.7 Å². The Balaban J connectivity index is 1.69. The molecule has 1 fully saturated rings. The summed E-state index contributed by atoms with van der Waals surface area (Å²) in [5, 5.41) is 2.63. The second-order valence-corrected chi connectivity index (χ2v) is 8.93. The topological polar surface area (TPSA) is 75.7 Å². The van der Waals surface area contributed by atoms with Crippen LogP contribution in [-0.4, -0.2) is 38.8 Å². The number of piperidine rings is 1. The maximum Gasteiger partial charge on any atom is 0.246 e. The van der Waals surface area contributed by atoms with Gasteiger partial charge in [-0.3, -0.25) is 4.79 Å². The van der Waals surface area contributed by atoms with Gasteiger partial charge >= 0.3 is 0 Å². The summed E-state index contributed by atoms with van der Waals surface area (Å²) < 4.78 is 59.3. The van der Waals surface area contributed by atoms with Crippen LogP contribution in [-0.2, 0) is 14.8 Å². The van der Waals surface area contributed by atoms with Gasteiger partial charge in [-0.15, -0.1) is 0 Å². The molecule has 1 aliphatic heterocycles. The second-order valence-electron chi connectivity index (χ2n) is 6.59. The monoisotopic (exact) mass is 444 g/mol. The van der Waals surface area contributed by atoms with Gasteiger partial charge in [0.2, 0.25) is 15.9 Å². The van der Waals surface area contributed by atoms with Gasteiger partial charge < -0.3 is 10.1 Å². The first kappa shape index (κ1) is 21.5. The average molecular weight is 445 g/mol. The van der Waals surface area contributed by atoms with E-state index in [2.05, 4.69) is 5.32 Å². The van der Waals surface area contributed by atoms with Crippen LogP contribution < -0.4 is 10.1 Å². The van der Waals surface area contributed by atoms with E-state index >= 15 is 0 Å². The molecule has 0 unspecified atom stereocenters. The summed E-state index contributed by atoms with van der Waals surface area (Å²) >= 11 is 5.94. The molecule has 0 radical (unpaired) electrons. The molecule has 0 atom stereocenters. The molecule has 0 spiro atoms. The highest BCUT2D eigenvalue weighted by molar-refractivity contribution is 7.89. The normalized spacial score (nSPS) is 15.9. The fourth-order valence-electron chi connectivity index (χ4n) is 3.18. The van der Waals surface area contributed by atoms with Gasteiger partial charge in [0.05, 0.1) is 12.8 Å². The number of hydrogen-bond acceptors (Lipinski definition) is 4. The lowest BCUT2D eigenvalue weighted by molar-refractivity contribution is -0.120. The number of anilines is 1. The Morgan fingerprint density at radius 2 is 1.86 bits per heavy atom. The molecule has 10 heteroatoms. The van der Waals surface area contributed by atoms with Crippen molar-refractivity contribution in [3.05, 3.63) is 53.1 Å². The number of sulfonamides is 1. The number of amides is 1. The van der Waals surface area contributed by atoms with Gasteiger partial charge in [-0.1, -0.05) is 11.6 Å². The number of carbonyl (C=O) groups excluding carboxylic acids is 1. The van der Waals surface area contributed by atoms with Crippen molar-refractivity contribution in [3.8, 4) is 5.75 Å². The van der Waals surface area contributed by atoms with E-state index in [4.69, 9.17) is 16.3 Å². The minimum atomic E-state index is -3.87. The summed E-state index contributed by atoms with van der Waals surface area (Å²) in [5.74, 6) is -2.24. The van der Waals surface area contributed by atoms with E-state index in [1.165, 1.54) is 29.6 Å². The smallest absolute Gasteiger partial charge is 0.246 e. The highest BCUT2D eigenvalue weighted by Gasteiger charge is 2.34. The number of methoxy groups -OCH3 is 1. The lowest BCUT2D eigenvalue weighted by Crippen LogP contribution is -2.41. The zero-order valence-electron chi connectivity index (χ0n) is 15.5. The van der Waals surface area contributed by atoms with Crippen molar-refractivity contribution in [1.29, 1.82) is 0 Å². The Morgan fingerprint density at radius 1 is 1.17 bits per heavy atom. The van der Waals surface area contributed by atoms with Gasteiger partial charge in [-0.25, -0.2) is 17.2 Å². The third kappa shape index (κ3) is 4.68. The molecule has 1 saturated heterocycles. The van der Waals surface area contributed by atoms with Crippen LogP contribution in [0.3, 0.4) is 0 Å². The summed E-state index contributed by atoms with van der Waals surface area (Å²) in [4.78, 5) is 12.4. The lowest BCUT2D eigenvalue weighted by Gasteiger charge is -2.31. The third-order valence-electron chi connectivity index (χ3n) is 4.75. The van der Waals surface area contributed by atoms with Crippen molar-refractivity contribution in [2.24, 2.45) is 5.92 Å². The van der Waals surface area contributed by atoms with E-state index in [-0.39, 0.29) is 47.3 Å². The summed E-state index contributed by atoms with van der Waals surface area (Å²) in [6, 6.07) is 7.11. The number of benzene rings is 2. The molecule has 1 N–H and O–H groups in total. The first-order chi connectivity index (χ1) is 13.7. The van der Waals surface area contributed by atoms with Crippen molar-refractivity contribution in [2.45, 2.75) is 17.7 Å². The SMILES string of the molecule is COc1ccc(Cl)cc1S(=O)(=O)N1CCC(C(=O)Nc2cc(F)ccc2F)CC1. The molecule has 3 rings (SSSR count). The largest absolute Gasteiger partial charge is 0.495 e. The molecular formula is C19H19ClF2N2O4S. The number of carbonyl (C=O) groups is 1. The van der Waals surface area contributed by atoms with Crippen LogP contribution in [0.4, 0.5) is 14.5 Å². The van der Waals surface area contributed by atoms with E-state index in [1.54, 1.807) is 0 Å². The van der Waals surface area contributed by atoms with Gasteiger partial charge in [0.25, 0.3) is 0 Å². The molecular weight excluding hydrogens is 426 g/mol. The van der Waals surface area contributed by atoms with Crippen molar-refractivity contribution in [2.75, 3.05) is 25.5 Å². The molecule has 2 aromatic rings. The predicted octanol–water partition coefficient (Wildman–Crippen LogP) is 3.67. The molecule has 2 aromatic carbocycles. The molecule has 156 valence electrons. The Hall–Kier alpha value is -2.23. The third-order valence-corrected chi connectivity index (χ3v) is 6.91. The number of rotatable bonds is 5. The lowest BCUT2D eigenvalue weighted by atomic mass is 9.97. The average Bonchev–Trinajstić information content (AvgIpc) is 2.70. The minimum Gasteiger partial charge on any atom is -0.495 e. The molecule has 1 amide bonds. The van der Waals surface area contributed by atoms with Crippen LogP contribution in [0.25, 0.3) is 0 Å². The molecule has 0 aliphatic carbocycles. The summed E-state index contributed by atoms with van der Waals surface area (Å²) in [5.41, 5.74) is -0.242. The maximum atomic E-state index is 13.7. The fourth-order valence-corrected chi connectivity index (χ4v) is 5.07. The Kier molecular flexibility index (Phi) is 6.40. The minimum absolute atomic E-state index is 0.0442. The Morgan fingerprint density at radius 3 is 2.52 bits per heavy atom. The molecule has 1 aliphatic rings. The quantitative estimate of drug-likeness (QED) is 0.763. The first-order valence-electron chi connectivity index (χ1n) is 8.82. The van der Waals surface area contributed by atoms with E-state index in [1.807, 2.05) is 0 Å². The molecule has 29 heavy (non-hydrogen) atoms. The number of nitrogens with one attached hydrogen (secondary N) is 1. The molecule has 0 bridgehead atoms. The number of hydrogen-bond donors (Lipinski definition) is 1. The van der Waals surface area contributed by atoms with Crippen LogP contribution in [0.5, 0.6) is 5.75 Å². The van der Waals surface area contributed by atoms with Crippen LogP contribution in [0.2, 0.25) is 5.02 Å². The number of halogens is 3. The number of nitrogens with zero attached hydrogens (tertiary/aromatic N) is 1. The van der Waals surface area contributed by atoms with Crippen molar-refractivity contribution in [1.82, 2.24) is 4.31 Å². The standard InChI is InChI=1S/C19H19ClF2N2O4S/c1-28-17-5-2-13(20)10-18(17)29(26,27)24-8-6-12(7-9-24)19(25)23-16-11-14(21)3-4-15(16)22/h2-5,10-12H,6-9H2,1H3,(H,23,25). The first-order valence-corrected chi connectivity index (χ1v) is 10.6. The van der Waals surface area contributed by atoms with Crippen LogP contribution >= 0.6 is 11.6 Å². The zero-order valence-corrected chi connectivity index (χ0v) is 17.1. The summed E-state index contributed by atoms with van der Waals surface area (Å²) in [7, 11) is -2.50. The second kappa shape index (κ2) is 8.64. The maximum absolute atomic E-state index is 13.7. The van der Waals surface area contributed by atoms with E-state index in [0.717, 1.165) is 18.2 Å². The molecule has 0 aromatic heterocycles. The van der Waals surface area contributed by atoms with Gasteiger partial charge in [-0.05, 0) is 43.2 Å². The summed E-state index contributed by atoms with van der Waals surface area (Å²) in [6.45, 7) is 0.198. The van der Waals surface area contributed by atoms with Crippen molar-refractivity contribution >= 4 is 33.2 Å². The number of ether oxygens (including phenoxy) is 1. The highest BCUT2D eigenvalue weighted by Crippen LogP contribution is 2.32. The van der Waals surface area contributed by atoms with E-state index in [9.17, 15) is 22.0 Å². The van der Waals surface area contributed by atoms with Gasteiger partial charge in [0.15, 0.2) is 0 Å². The summed E-state index contributed by atoms with van der Waals surface area (Å²) in [6.07, 6.45) is 0.482. The van der Waals surface area contributed by atoms with Crippen molar-refractivity contribution in [3.63, 3.8) is 0 Å². The van der Waals surface area contributed by atoms with Crippen LogP contribution in [0, 0.1) is 17.6 Å². The molecule has 0 saturated carbocycles. The molecule has 6 nitrogen and oxygen atoms in total. The Bertz CT molecular complexity index is 1020. The Labute approximate surface area is 172 Å².